The zero-order chi connectivity index (χ0) is 24.4. The summed E-state index contributed by atoms with van der Waals surface area (Å²) in [5.41, 5.74) is 4.15. The number of nitrogens with zero attached hydrogens (tertiary/aromatic N) is 3. The Kier molecular flexibility index (Phi) is 6.66. The van der Waals surface area contributed by atoms with E-state index in [1.54, 1.807) is 30.5 Å². The van der Waals surface area contributed by atoms with Crippen molar-refractivity contribution in [2.45, 2.75) is 32.1 Å². The number of ether oxygens (including phenoxy) is 3. The fourth-order valence-corrected chi connectivity index (χ4v) is 4.69. The van der Waals surface area contributed by atoms with E-state index in [0.29, 0.717) is 37.5 Å². The van der Waals surface area contributed by atoms with Gasteiger partial charge in [-0.2, -0.15) is 0 Å². The van der Waals surface area contributed by atoms with Crippen LogP contribution in [0, 0.1) is 12.7 Å². The van der Waals surface area contributed by atoms with E-state index in [9.17, 15) is 9.18 Å². The van der Waals surface area contributed by atoms with Crippen LogP contribution < -0.4 is 4.74 Å². The first kappa shape index (κ1) is 23.3. The Hall–Kier alpha value is -3.49. The number of hydrogen-bond donors (Lipinski definition) is 0. The number of methoxy groups -OCH3 is 1. The maximum atomic E-state index is 13.6. The average Bonchev–Trinajstić information content (AvgIpc) is 3.55. The molecule has 2 aromatic carbocycles. The lowest BCUT2D eigenvalue weighted by molar-refractivity contribution is -0.145. The lowest BCUT2D eigenvalue weighted by Crippen LogP contribution is -2.44. The number of piperidine rings is 1. The number of amides is 1. The Morgan fingerprint density at radius 3 is 2.63 bits per heavy atom. The van der Waals surface area contributed by atoms with Gasteiger partial charge in [-0.25, -0.2) is 9.37 Å². The second kappa shape index (κ2) is 10.0. The van der Waals surface area contributed by atoms with Crippen molar-refractivity contribution in [3.63, 3.8) is 0 Å². The fourth-order valence-electron chi connectivity index (χ4n) is 4.69. The average molecular weight is 478 g/mol. The molecule has 182 valence electrons. The van der Waals surface area contributed by atoms with Gasteiger partial charge in [0.1, 0.15) is 17.6 Å². The monoisotopic (exact) mass is 477 g/mol. The van der Waals surface area contributed by atoms with Crippen molar-refractivity contribution >= 4 is 12.0 Å². The molecule has 0 aliphatic carbocycles. The summed E-state index contributed by atoms with van der Waals surface area (Å²) < 4.78 is 32.7. The number of aryl methyl sites for hydroxylation is 1. The van der Waals surface area contributed by atoms with Gasteiger partial charge in [0.05, 0.1) is 38.0 Å². The van der Waals surface area contributed by atoms with Gasteiger partial charge in [-0.3, -0.25) is 4.79 Å². The van der Waals surface area contributed by atoms with E-state index in [1.807, 2.05) is 42.0 Å². The molecule has 0 bridgehead atoms. The molecule has 0 spiro atoms. The van der Waals surface area contributed by atoms with Gasteiger partial charge < -0.3 is 23.7 Å². The Morgan fingerprint density at radius 2 is 1.94 bits per heavy atom. The van der Waals surface area contributed by atoms with E-state index in [1.165, 1.54) is 12.1 Å². The molecule has 2 saturated heterocycles. The largest absolute Gasteiger partial charge is 0.495 e. The normalized spacial score (nSPS) is 18.9. The van der Waals surface area contributed by atoms with Crippen LogP contribution in [0.2, 0.25) is 0 Å². The number of hydrogen-bond acceptors (Lipinski definition) is 5. The van der Waals surface area contributed by atoms with E-state index in [4.69, 9.17) is 14.2 Å². The molecule has 1 atom stereocenters. The predicted molar refractivity (Wildman–Crippen MR) is 129 cm³/mol. The molecule has 2 aliphatic rings. The summed E-state index contributed by atoms with van der Waals surface area (Å²) in [5.74, 6) is 0.293. The van der Waals surface area contributed by atoms with Crippen LogP contribution in [0.25, 0.3) is 11.8 Å². The summed E-state index contributed by atoms with van der Waals surface area (Å²) in [4.78, 5) is 19.7. The highest BCUT2D eigenvalue weighted by Gasteiger charge is 2.38. The maximum Gasteiger partial charge on any atom is 0.250 e. The van der Waals surface area contributed by atoms with Crippen LogP contribution >= 0.6 is 0 Å². The molecule has 0 N–H and O–H groups in total. The molecule has 0 saturated carbocycles. The minimum Gasteiger partial charge on any atom is -0.495 e. The van der Waals surface area contributed by atoms with Crippen LogP contribution in [0.4, 0.5) is 4.39 Å². The van der Waals surface area contributed by atoms with Gasteiger partial charge in [0.25, 0.3) is 0 Å². The summed E-state index contributed by atoms with van der Waals surface area (Å²) >= 11 is 0. The van der Waals surface area contributed by atoms with Crippen molar-refractivity contribution in [3.05, 3.63) is 83.2 Å². The van der Waals surface area contributed by atoms with Gasteiger partial charge in [0.15, 0.2) is 6.29 Å². The lowest BCUT2D eigenvalue weighted by Gasteiger charge is -2.38. The number of likely N-dealkylation sites (tertiary alicyclic amines) is 1. The number of rotatable bonds is 6. The van der Waals surface area contributed by atoms with Gasteiger partial charge in [0, 0.05) is 18.3 Å². The lowest BCUT2D eigenvalue weighted by atomic mass is 9.96. The quantitative estimate of drug-likeness (QED) is 0.491. The van der Waals surface area contributed by atoms with Gasteiger partial charge in [0.2, 0.25) is 5.91 Å². The Bertz CT molecular complexity index is 1230. The molecule has 1 aromatic heterocycles. The number of carbonyl (C=O) groups is 1. The van der Waals surface area contributed by atoms with Crippen LogP contribution in [0.3, 0.4) is 0 Å². The van der Waals surface area contributed by atoms with Gasteiger partial charge in [-0.1, -0.05) is 18.2 Å². The standard InChI is InChI=1S/C27H28FN3O4/c1-18-16-30(17-29-18)23-10-5-19(15-24(23)33-2)14-21-4-3-11-31(26(21)32)25(27-34-12-13-35-27)20-6-8-22(28)9-7-20/h5-10,14-17,25,27H,3-4,11-13H2,1-2H3. The molecular formula is C27H28FN3O4. The first-order valence-electron chi connectivity index (χ1n) is 11.7. The molecule has 1 unspecified atom stereocenters. The number of carbonyl (C=O) groups excluding carboxylic acids is 1. The topological polar surface area (TPSA) is 65.8 Å². The third-order valence-electron chi connectivity index (χ3n) is 6.37. The van der Waals surface area contributed by atoms with Gasteiger partial charge >= 0.3 is 0 Å². The molecule has 5 rings (SSSR count). The molecule has 1 amide bonds. The summed E-state index contributed by atoms with van der Waals surface area (Å²) in [6, 6.07) is 11.6. The molecule has 2 aliphatic heterocycles. The molecule has 8 heteroatoms. The van der Waals surface area contributed by atoms with E-state index in [0.717, 1.165) is 28.9 Å². The van der Waals surface area contributed by atoms with Crippen LogP contribution in [0.15, 0.2) is 60.6 Å². The van der Waals surface area contributed by atoms with Crippen molar-refractivity contribution in [2.24, 2.45) is 0 Å². The molecular weight excluding hydrogens is 449 g/mol. The Balaban J connectivity index is 1.44. The highest BCUT2D eigenvalue weighted by molar-refractivity contribution is 5.99. The van der Waals surface area contributed by atoms with Gasteiger partial charge in [-0.05, 0) is 61.2 Å². The van der Waals surface area contributed by atoms with Crippen molar-refractivity contribution in [2.75, 3.05) is 26.9 Å². The number of aromatic nitrogens is 2. The second-order valence-electron chi connectivity index (χ2n) is 8.73. The van der Waals surface area contributed by atoms with E-state index in [-0.39, 0.29) is 11.7 Å². The summed E-state index contributed by atoms with van der Waals surface area (Å²) in [6.07, 6.45) is 6.49. The zero-order valence-corrected chi connectivity index (χ0v) is 19.8. The van der Waals surface area contributed by atoms with Crippen molar-refractivity contribution in [1.29, 1.82) is 0 Å². The number of imidazole rings is 1. The van der Waals surface area contributed by atoms with E-state index in [2.05, 4.69) is 4.98 Å². The smallest absolute Gasteiger partial charge is 0.250 e. The number of halogens is 1. The number of benzene rings is 2. The highest BCUT2D eigenvalue weighted by atomic mass is 19.1. The minimum atomic E-state index is -0.582. The SMILES string of the molecule is COc1cc(C=C2CCCN(C(c3ccc(F)cc3)C3OCCO3)C2=O)ccc1-n1cnc(C)c1. The van der Waals surface area contributed by atoms with Crippen molar-refractivity contribution in [3.8, 4) is 11.4 Å². The van der Waals surface area contributed by atoms with E-state index < -0.39 is 12.3 Å². The second-order valence-corrected chi connectivity index (χ2v) is 8.73. The summed E-state index contributed by atoms with van der Waals surface area (Å²) in [6.45, 7) is 3.44. The molecule has 2 fully saturated rings. The third-order valence-corrected chi connectivity index (χ3v) is 6.37. The van der Waals surface area contributed by atoms with Crippen LogP contribution in [0.5, 0.6) is 5.75 Å². The first-order valence-corrected chi connectivity index (χ1v) is 11.7. The molecule has 0 radical (unpaired) electrons. The van der Waals surface area contributed by atoms with Crippen LogP contribution in [0.1, 0.15) is 35.7 Å². The van der Waals surface area contributed by atoms with Crippen molar-refractivity contribution in [1.82, 2.24) is 14.5 Å². The Labute approximate surface area is 203 Å². The first-order chi connectivity index (χ1) is 17.0. The molecule has 3 heterocycles. The summed E-state index contributed by atoms with van der Waals surface area (Å²) in [5, 5.41) is 0. The minimum absolute atomic E-state index is 0.0713. The molecule has 7 nitrogen and oxygen atoms in total. The molecule has 35 heavy (non-hydrogen) atoms. The predicted octanol–water partition coefficient (Wildman–Crippen LogP) is 4.45. The fraction of sp³-hybridized carbons (Fsp3) is 0.333. The Morgan fingerprint density at radius 1 is 1.17 bits per heavy atom. The highest BCUT2D eigenvalue weighted by Crippen LogP contribution is 2.35. The van der Waals surface area contributed by atoms with Crippen LogP contribution in [-0.4, -0.2) is 53.5 Å². The summed E-state index contributed by atoms with van der Waals surface area (Å²) in [7, 11) is 1.63. The van der Waals surface area contributed by atoms with Gasteiger partial charge in [-0.15, -0.1) is 0 Å². The zero-order valence-electron chi connectivity index (χ0n) is 19.8. The maximum absolute atomic E-state index is 13.6. The van der Waals surface area contributed by atoms with E-state index >= 15 is 0 Å². The van der Waals surface area contributed by atoms with Crippen LogP contribution in [-0.2, 0) is 14.3 Å². The van der Waals surface area contributed by atoms with Crippen molar-refractivity contribution < 1.29 is 23.4 Å². The molecule has 3 aromatic rings. The third kappa shape index (κ3) is 4.85.